The summed E-state index contributed by atoms with van der Waals surface area (Å²) in [4.78, 5) is 15.2. The van der Waals surface area contributed by atoms with Crippen LogP contribution >= 0.6 is 11.8 Å². The Hall–Kier alpha value is -1.00. The first-order valence-corrected chi connectivity index (χ1v) is 7.13. The molecule has 0 radical (unpaired) electrons. The predicted octanol–water partition coefficient (Wildman–Crippen LogP) is 1.93. The molecule has 3 nitrogen and oxygen atoms in total. The zero-order valence-electron chi connectivity index (χ0n) is 10.8. The van der Waals surface area contributed by atoms with Crippen LogP contribution in [0, 0.1) is 0 Å². The largest absolute Gasteiger partial charge is 0.393 e. The molecule has 2 atom stereocenters. The highest BCUT2D eigenvalue weighted by atomic mass is 32.2. The molecule has 0 fully saturated rings. The summed E-state index contributed by atoms with van der Waals surface area (Å²) in [6, 6.07) is 8.19. The third-order valence-electron chi connectivity index (χ3n) is 3.18. The van der Waals surface area contributed by atoms with Gasteiger partial charge in [-0.25, -0.2) is 0 Å². The van der Waals surface area contributed by atoms with Crippen LogP contribution in [0.5, 0.6) is 0 Å². The number of aliphatic hydroxyl groups is 1. The van der Waals surface area contributed by atoms with Gasteiger partial charge < -0.3 is 10.0 Å². The van der Waals surface area contributed by atoms with Crippen molar-refractivity contribution in [2.45, 2.75) is 36.0 Å². The van der Waals surface area contributed by atoms with E-state index in [-0.39, 0.29) is 17.3 Å². The minimum atomic E-state index is -0.353. The zero-order chi connectivity index (χ0) is 13.1. The molecule has 0 aromatic heterocycles. The van der Waals surface area contributed by atoms with E-state index in [0.717, 1.165) is 6.42 Å². The van der Waals surface area contributed by atoms with E-state index in [4.69, 9.17) is 0 Å². The van der Waals surface area contributed by atoms with E-state index in [1.54, 1.807) is 23.6 Å². The van der Waals surface area contributed by atoms with Gasteiger partial charge >= 0.3 is 0 Å². The number of nitrogens with zero attached hydrogens (tertiary/aromatic N) is 1. The predicted molar refractivity (Wildman–Crippen MR) is 73.7 cm³/mol. The first-order chi connectivity index (χ1) is 8.58. The number of hydrogen-bond donors (Lipinski definition) is 1. The minimum absolute atomic E-state index is 0.00130. The summed E-state index contributed by atoms with van der Waals surface area (Å²) in [6.07, 6.45) is 1.10. The Bertz CT molecular complexity index is 409. The molecular formula is C14H19NO2S. The number of benzene rings is 1. The van der Waals surface area contributed by atoms with Gasteiger partial charge in [0.15, 0.2) is 0 Å². The van der Waals surface area contributed by atoms with Crippen LogP contribution in [0.1, 0.15) is 18.9 Å². The number of thioether (sulfide) groups is 1. The fourth-order valence-corrected chi connectivity index (χ4v) is 3.37. The molecule has 2 unspecified atom stereocenters. The molecule has 18 heavy (non-hydrogen) atoms. The van der Waals surface area contributed by atoms with Crippen LogP contribution in [0.15, 0.2) is 29.2 Å². The van der Waals surface area contributed by atoms with Crippen molar-refractivity contribution in [3.8, 4) is 0 Å². The second-order valence-electron chi connectivity index (χ2n) is 4.82. The van der Waals surface area contributed by atoms with E-state index in [0.29, 0.717) is 13.0 Å². The lowest BCUT2D eigenvalue weighted by Gasteiger charge is -2.21. The van der Waals surface area contributed by atoms with Crippen molar-refractivity contribution >= 4 is 17.7 Å². The van der Waals surface area contributed by atoms with Gasteiger partial charge in [-0.2, -0.15) is 0 Å². The minimum Gasteiger partial charge on any atom is -0.393 e. The Morgan fingerprint density at radius 3 is 2.94 bits per heavy atom. The summed E-state index contributed by atoms with van der Waals surface area (Å²) in [5.41, 5.74) is 1.27. The molecule has 4 heteroatoms. The van der Waals surface area contributed by atoms with Crippen LogP contribution < -0.4 is 0 Å². The molecule has 1 aliphatic rings. The molecule has 0 saturated carbocycles. The second-order valence-corrected chi connectivity index (χ2v) is 6.06. The molecule has 1 heterocycles. The molecule has 1 aliphatic heterocycles. The molecule has 1 aromatic rings. The lowest BCUT2D eigenvalue weighted by Crippen LogP contribution is -2.36. The monoisotopic (exact) mass is 265 g/mol. The van der Waals surface area contributed by atoms with E-state index in [9.17, 15) is 9.90 Å². The molecule has 2 rings (SSSR count). The van der Waals surface area contributed by atoms with Crippen molar-refractivity contribution in [2.75, 3.05) is 13.6 Å². The first kappa shape index (κ1) is 13.4. The summed E-state index contributed by atoms with van der Waals surface area (Å²) in [7, 11) is 1.81. The van der Waals surface area contributed by atoms with Gasteiger partial charge in [0.25, 0.3) is 0 Å². The van der Waals surface area contributed by atoms with Crippen LogP contribution in [-0.2, 0) is 11.2 Å². The van der Waals surface area contributed by atoms with Crippen molar-refractivity contribution in [3.05, 3.63) is 29.8 Å². The Morgan fingerprint density at radius 2 is 2.28 bits per heavy atom. The number of amides is 1. The maximum absolute atomic E-state index is 12.2. The summed E-state index contributed by atoms with van der Waals surface area (Å²) < 4.78 is 0. The average molecular weight is 265 g/mol. The van der Waals surface area contributed by atoms with Gasteiger partial charge in [0.05, 0.1) is 11.4 Å². The highest BCUT2D eigenvalue weighted by Gasteiger charge is 2.29. The zero-order valence-corrected chi connectivity index (χ0v) is 11.6. The Labute approximate surface area is 112 Å². The van der Waals surface area contributed by atoms with E-state index in [1.807, 2.05) is 19.2 Å². The van der Waals surface area contributed by atoms with Crippen molar-refractivity contribution < 1.29 is 9.90 Å². The number of aliphatic hydroxyl groups excluding tert-OH is 1. The van der Waals surface area contributed by atoms with E-state index >= 15 is 0 Å². The topological polar surface area (TPSA) is 40.5 Å². The molecule has 1 aromatic carbocycles. The molecule has 0 spiro atoms. The average Bonchev–Trinajstić information content (AvgIpc) is 2.78. The molecule has 0 aliphatic carbocycles. The lowest BCUT2D eigenvalue weighted by molar-refractivity contribution is -0.129. The fourth-order valence-electron chi connectivity index (χ4n) is 2.06. The number of carbonyl (C=O) groups is 1. The van der Waals surface area contributed by atoms with Gasteiger partial charge in [-0.05, 0) is 31.4 Å². The third kappa shape index (κ3) is 3.06. The third-order valence-corrected chi connectivity index (χ3v) is 4.49. The second kappa shape index (κ2) is 5.76. The van der Waals surface area contributed by atoms with E-state index in [1.165, 1.54) is 10.5 Å². The van der Waals surface area contributed by atoms with Crippen LogP contribution in [-0.4, -0.2) is 40.9 Å². The molecule has 98 valence electrons. The fraction of sp³-hybridized carbons (Fsp3) is 0.500. The highest BCUT2D eigenvalue weighted by molar-refractivity contribution is 8.01. The summed E-state index contributed by atoms with van der Waals surface area (Å²) in [5.74, 6) is 0.164. The van der Waals surface area contributed by atoms with Gasteiger partial charge in [0.1, 0.15) is 0 Å². The van der Waals surface area contributed by atoms with Crippen LogP contribution in [0.4, 0.5) is 0 Å². The number of fused-ring (bicyclic) bond motifs is 1. The molecule has 1 N–H and O–H groups in total. The lowest BCUT2D eigenvalue weighted by atomic mass is 10.1. The van der Waals surface area contributed by atoms with Crippen LogP contribution in [0.25, 0.3) is 0 Å². The highest BCUT2D eigenvalue weighted by Crippen LogP contribution is 2.37. The van der Waals surface area contributed by atoms with Crippen molar-refractivity contribution in [3.63, 3.8) is 0 Å². The van der Waals surface area contributed by atoms with Crippen LogP contribution in [0.3, 0.4) is 0 Å². The molecular weight excluding hydrogens is 246 g/mol. The van der Waals surface area contributed by atoms with Crippen LogP contribution in [0.2, 0.25) is 0 Å². The van der Waals surface area contributed by atoms with Crippen molar-refractivity contribution in [1.29, 1.82) is 0 Å². The summed E-state index contributed by atoms with van der Waals surface area (Å²) in [5, 5.41) is 9.25. The maximum atomic E-state index is 12.2. The number of hydrogen-bond acceptors (Lipinski definition) is 3. The van der Waals surface area contributed by atoms with Gasteiger partial charge in [-0.15, -0.1) is 11.8 Å². The molecule has 0 bridgehead atoms. The summed E-state index contributed by atoms with van der Waals surface area (Å²) >= 11 is 1.65. The quantitative estimate of drug-likeness (QED) is 0.904. The van der Waals surface area contributed by atoms with E-state index in [2.05, 4.69) is 12.1 Å². The van der Waals surface area contributed by atoms with Gasteiger partial charge in [0, 0.05) is 18.5 Å². The van der Waals surface area contributed by atoms with Gasteiger partial charge in [-0.1, -0.05) is 18.2 Å². The van der Waals surface area contributed by atoms with Gasteiger partial charge in [0.2, 0.25) is 5.91 Å². The standard InChI is InChI=1S/C14H19NO2S/c1-10(16)7-8-15(2)14(17)13-9-11-5-3-4-6-12(11)18-13/h3-6,10,13,16H,7-9H2,1-2H3. The first-order valence-electron chi connectivity index (χ1n) is 6.25. The molecule has 0 saturated heterocycles. The Morgan fingerprint density at radius 1 is 1.56 bits per heavy atom. The van der Waals surface area contributed by atoms with Gasteiger partial charge in [-0.3, -0.25) is 4.79 Å². The maximum Gasteiger partial charge on any atom is 0.236 e. The Kier molecular flexibility index (Phi) is 4.30. The number of rotatable bonds is 4. The normalized spacial score (nSPS) is 19.4. The SMILES string of the molecule is CC(O)CCN(C)C(=O)C1Cc2ccccc2S1. The summed E-state index contributed by atoms with van der Waals surface area (Å²) in [6.45, 7) is 2.36. The van der Waals surface area contributed by atoms with Crippen molar-refractivity contribution in [2.24, 2.45) is 0 Å². The number of carbonyl (C=O) groups excluding carboxylic acids is 1. The molecule has 1 amide bonds. The van der Waals surface area contributed by atoms with E-state index < -0.39 is 0 Å². The smallest absolute Gasteiger partial charge is 0.236 e. The van der Waals surface area contributed by atoms with Crippen molar-refractivity contribution in [1.82, 2.24) is 4.90 Å². The Balaban J connectivity index is 1.92.